The van der Waals surface area contributed by atoms with Gasteiger partial charge in [-0.1, -0.05) is 0 Å². The quantitative estimate of drug-likeness (QED) is 0.786. The average Bonchev–Trinajstić information content (AvgIpc) is 2.69. The lowest BCUT2D eigenvalue weighted by Crippen LogP contribution is -2.12. The maximum atomic E-state index is 14.3. The van der Waals surface area contributed by atoms with Crippen LogP contribution in [-0.2, 0) is 11.8 Å². The second-order valence-corrected chi connectivity index (χ2v) is 3.90. The molecule has 2 aromatic heterocycles. The summed E-state index contributed by atoms with van der Waals surface area (Å²) in [4.78, 5) is 19.1. The molecule has 100 valence electrons. The molecular formula is C12H13FN4O2. The maximum absolute atomic E-state index is 14.3. The van der Waals surface area contributed by atoms with Crippen LogP contribution in [0.5, 0.6) is 0 Å². The molecule has 0 saturated carbocycles. The van der Waals surface area contributed by atoms with E-state index in [1.54, 1.807) is 27.0 Å². The first-order valence-corrected chi connectivity index (χ1v) is 5.73. The van der Waals surface area contributed by atoms with Crippen molar-refractivity contribution < 1.29 is 13.9 Å². The van der Waals surface area contributed by atoms with Gasteiger partial charge in [0.15, 0.2) is 11.5 Å². The van der Waals surface area contributed by atoms with E-state index < -0.39 is 11.8 Å². The summed E-state index contributed by atoms with van der Waals surface area (Å²) in [6.45, 7) is 3.58. The second kappa shape index (κ2) is 5.13. The molecule has 6 nitrogen and oxygen atoms in total. The number of carbonyl (C=O) groups is 1. The highest BCUT2D eigenvalue weighted by atomic mass is 19.1. The molecule has 2 rings (SSSR count). The number of nitrogens with zero attached hydrogens (tertiary/aromatic N) is 4. The summed E-state index contributed by atoms with van der Waals surface area (Å²) in [5.74, 6) is -1.61. The zero-order valence-corrected chi connectivity index (χ0v) is 10.8. The van der Waals surface area contributed by atoms with Crippen LogP contribution in [0.2, 0.25) is 0 Å². The number of aryl methyl sites for hydroxylation is 2. The minimum Gasteiger partial charge on any atom is -0.461 e. The predicted molar refractivity (Wildman–Crippen MR) is 64.9 cm³/mol. The van der Waals surface area contributed by atoms with E-state index in [2.05, 4.69) is 15.1 Å². The second-order valence-electron chi connectivity index (χ2n) is 3.90. The van der Waals surface area contributed by atoms with E-state index in [1.165, 1.54) is 4.68 Å². The lowest BCUT2D eigenvalue weighted by Gasteiger charge is -2.06. The van der Waals surface area contributed by atoms with E-state index in [0.717, 1.165) is 12.0 Å². The molecule has 0 spiro atoms. The lowest BCUT2D eigenvalue weighted by atomic mass is 10.2. The molecule has 2 aromatic rings. The van der Waals surface area contributed by atoms with Crippen LogP contribution in [0.4, 0.5) is 4.39 Å². The Morgan fingerprint density at radius 1 is 1.47 bits per heavy atom. The van der Waals surface area contributed by atoms with Gasteiger partial charge in [0.05, 0.1) is 18.0 Å². The smallest absolute Gasteiger partial charge is 0.360 e. The van der Waals surface area contributed by atoms with Gasteiger partial charge in [0.2, 0.25) is 0 Å². The third-order valence-corrected chi connectivity index (χ3v) is 2.50. The first-order valence-electron chi connectivity index (χ1n) is 5.73. The Morgan fingerprint density at radius 2 is 2.21 bits per heavy atom. The number of hydrogen-bond donors (Lipinski definition) is 0. The van der Waals surface area contributed by atoms with Gasteiger partial charge in [0.25, 0.3) is 0 Å². The SMILES string of the molecule is CCOC(=O)c1ncnc(-c2cc(C)nn2C)c1F. The molecule has 0 N–H and O–H groups in total. The van der Waals surface area contributed by atoms with Crippen molar-refractivity contribution in [1.82, 2.24) is 19.7 Å². The molecule has 0 saturated heterocycles. The van der Waals surface area contributed by atoms with Crippen LogP contribution >= 0.6 is 0 Å². The summed E-state index contributed by atoms with van der Waals surface area (Å²) in [7, 11) is 1.67. The van der Waals surface area contributed by atoms with Gasteiger partial charge in [-0.25, -0.2) is 19.2 Å². The molecule has 0 amide bonds. The van der Waals surface area contributed by atoms with Crippen LogP contribution in [0.15, 0.2) is 12.4 Å². The molecule has 0 fully saturated rings. The van der Waals surface area contributed by atoms with Crippen molar-refractivity contribution in [1.29, 1.82) is 0 Å². The zero-order chi connectivity index (χ0) is 14.0. The third kappa shape index (κ3) is 2.44. The summed E-state index contributed by atoms with van der Waals surface area (Å²) in [5, 5.41) is 4.11. The molecule has 0 aliphatic heterocycles. The Bertz CT molecular complexity index is 624. The third-order valence-electron chi connectivity index (χ3n) is 2.50. The minimum absolute atomic E-state index is 0.0288. The van der Waals surface area contributed by atoms with Crippen molar-refractivity contribution in [3.05, 3.63) is 29.6 Å². The Labute approximate surface area is 109 Å². The van der Waals surface area contributed by atoms with Crippen LogP contribution in [0.25, 0.3) is 11.4 Å². The van der Waals surface area contributed by atoms with Crippen LogP contribution in [0.3, 0.4) is 0 Å². The number of esters is 1. The fourth-order valence-electron chi connectivity index (χ4n) is 1.72. The number of aromatic nitrogens is 4. The molecule has 0 unspecified atom stereocenters. The van der Waals surface area contributed by atoms with E-state index in [9.17, 15) is 9.18 Å². The van der Waals surface area contributed by atoms with Gasteiger partial charge >= 0.3 is 5.97 Å². The van der Waals surface area contributed by atoms with Gasteiger partial charge in [-0.3, -0.25) is 4.68 Å². The Hall–Kier alpha value is -2.31. The van der Waals surface area contributed by atoms with Crippen LogP contribution in [0.1, 0.15) is 23.1 Å². The summed E-state index contributed by atoms with van der Waals surface area (Å²) in [6.07, 6.45) is 1.13. The monoisotopic (exact) mass is 264 g/mol. The number of ether oxygens (including phenoxy) is 1. The summed E-state index contributed by atoms with van der Waals surface area (Å²) in [6, 6.07) is 1.68. The highest BCUT2D eigenvalue weighted by Gasteiger charge is 2.21. The molecule has 0 aliphatic carbocycles. The largest absolute Gasteiger partial charge is 0.461 e. The molecule has 0 aromatic carbocycles. The lowest BCUT2D eigenvalue weighted by molar-refractivity contribution is 0.0513. The van der Waals surface area contributed by atoms with Gasteiger partial charge in [-0.2, -0.15) is 5.10 Å². The van der Waals surface area contributed by atoms with E-state index >= 15 is 0 Å². The minimum atomic E-state index is -0.803. The molecule has 0 atom stereocenters. The van der Waals surface area contributed by atoms with Crippen molar-refractivity contribution in [3.63, 3.8) is 0 Å². The Kier molecular flexibility index (Phi) is 3.55. The van der Waals surface area contributed by atoms with Gasteiger partial charge in [-0.05, 0) is 19.9 Å². The molecular weight excluding hydrogens is 251 g/mol. The van der Waals surface area contributed by atoms with Gasteiger partial charge in [0, 0.05) is 7.05 Å². The van der Waals surface area contributed by atoms with E-state index in [1.807, 2.05) is 0 Å². The number of halogens is 1. The first kappa shape index (κ1) is 13.1. The van der Waals surface area contributed by atoms with Gasteiger partial charge < -0.3 is 4.74 Å². The van der Waals surface area contributed by atoms with Crippen LogP contribution < -0.4 is 0 Å². The van der Waals surface area contributed by atoms with Gasteiger partial charge in [-0.15, -0.1) is 0 Å². The highest BCUT2D eigenvalue weighted by molar-refractivity contribution is 5.88. The summed E-state index contributed by atoms with van der Waals surface area (Å²) in [5.41, 5.74) is 0.864. The standard InChI is InChI=1S/C12H13FN4O2/c1-4-19-12(18)11-9(13)10(14-6-15-11)8-5-7(2)16-17(8)3/h5-6H,4H2,1-3H3. The molecule has 7 heteroatoms. The topological polar surface area (TPSA) is 69.9 Å². The highest BCUT2D eigenvalue weighted by Crippen LogP contribution is 2.22. The first-order chi connectivity index (χ1) is 9.04. The van der Waals surface area contributed by atoms with Crippen molar-refractivity contribution in [2.75, 3.05) is 6.61 Å². The maximum Gasteiger partial charge on any atom is 0.360 e. The fourth-order valence-corrected chi connectivity index (χ4v) is 1.72. The van der Waals surface area contributed by atoms with Gasteiger partial charge in [0.1, 0.15) is 12.0 Å². The number of carbonyl (C=O) groups excluding carboxylic acids is 1. The van der Waals surface area contributed by atoms with Crippen LogP contribution in [0, 0.1) is 12.7 Å². The number of rotatable bonds is 3. The molecule has 0 radical (unpaired) electrons. The Morgan fingerprint density at radius 3 is 2.79 bits per heavy atom. The van der Waals surface area contributed by atoms with Crippen LogP contribution in [-0.4, -0.2) is 32.3 Å². The van der Waals surface area contributed by atoms with E-state index in [-0.39, 0.29) is 18.0 Å². The van der Waals surface area contributed by atoms with Crippen molar-refractivity contribution in [2.24, 2.45) is 7.05 Å². The molecule has 2 heterocycles. The molecule has 0 aliphatic rings. The number of hydrogen-bond acceptors (Lipinski definition) is 5. The van der Waals surface area contributed by atoms with Crippen molar-refractivity contribution in [2.45, 2.75) is 13.8 Å². The fraction of sp³-hybridized carbons (Fsp3) is 0.333. The van der Waals surface area contributed by atoms with E-state index in [4.69, 9.17) is 4.74 Å². The van der Waals surface area contributed by atoms with Crippen molar-refractivity contribution >= 4 is 5.97 Å². The van der Waals surface area contributed by atoms with E-state index in [0.29, 0.717) is 5.69 Å². The average molecular weight is 264 g/mol. The predicted octanol–water partition coefficient (Wildman–Crippen LogP) is 1.50. The van der Waals surface area contributed by atoms with Crippen molar-refractivity contribution in [3.8, 4) is 11.4 Å². The zero-order valence-electron chi connectivity index (χ0n) is 10.8. The Balaban J connectivity index is 2.51. The normalized spacial score (nSPS) is 10.5. The summed E-state index contributed by atoms with van der Waals surface area (Å²) < 4.78 is 20.5. The molecule has 0 bridgehead atoms. The molecule has 19 heavy (non-hydrogen) atoms. The summed E-state index contributed by atoms with van der Waals surface area (Å²) >= 11 is 0.